The van der Waals surface area contributed by atoms with Crippen LogP contribution in [0.3, 0.4) is 0 Å². The molecule has 0 saturated heterocycles. The summed E-state index contributed by atoms with van der Waals surface area (Å²) < 4.78 is 2.07. The highest BCUT2D eigenvalue weighted by Crippen LogP contribution is 2.19. The molecule has 0 bridgehead atoms. The van der Waals surface area contributed by atoms with E-state index in [0.717, 1.165) is 5.92 Å². The van der Waals surface area contributed by atoms with Gasteiger partial charge in [0, 0.05) is 12.4 Å². The van der Waals surface area contributed by atoms with Crippen LogP contribution in [0.4, 0.5) is 0 Å². The molecular weight excluding hydrogens is 148 g/mol. The molecule has 2 nitrogen and oxygen atoms in total. The van der Waals surface area contributed by atoms with Gasteiger partial charge in [-0.25, -0.2) is 0 Å². The van der Waals surface area contributed by atoms with E-state index in [4.69, 9.17) is 0 Å². The first-order valence-corrected chi connectivity index (χ1v) is 4.73. The maximum absolute atomic E-state index is 4.26. The van der Waals surface area contributed by atoms with Gasteiger partial charge in [0.1, 0.15) is 0 Å². The molecule has 1 aromatic heterocycles. The lowest BCUT2D eigenvalue weighted by Crippen LogP contribution is -2.11. The van der Waals surface area contributed by atoms with Crippen LogP contribution in [-0.4, -0.2) is 9.78 Å². The predicted octanol–water partition coefficient (Wildman–Crippen LogP) is 2.88. The van der Waals surface area contributed by atoms with Crippen LogP contribution < -0.4 is 0 Å². The van der Waals surface area contributed by atoms with E-state index < -0.39 is 0 Å². The quantitative estimate of drug-likeness (QED) is 0.672. The van der Waals surface area contributed by atoms with Crippen molar-refractivity contribution >= 4 is 0 Å². The molecule has 1 aromatic rings. The second-order valence-corrected chi connectivity index (χ2v) is 3.68. The smallest absolute Gasteiger partial charge is 0.0519 e. The van der Waals surface area contributed by atoms with Crippen molar-refractivity contribution in [2.75, 3.05) is 0 Å². The zero-order chi connectivity index (χ0) is 8.97. The van der Waals surface area contributed by atoms with Crippen LogP contribution in [0.5, 0.6) is 0 Å². The molecule has 1 rings (SSSR count). The standard InChI is InChI=1S/C10H18N2/c1-4-10(8-9(2)3)12-7-5-6-11-12/h5-7,9-10H,4,8H2,1-3H3. The van der Waals surface area contributed by atoms with Crippen molar-refractivity contribution in [2.45, 2.75) is 39.7 Å². The average Bonchev–Trinajstić information content (AvgIpc) is 2.51. The van der Waals surface area contributed by atoms with Gasteiger partial charge in [0.25, 0.3) is 0 Å². The number of hydrogen-bond donors (Lipinski definition) is 0. The third-order valence-electron chi connectivity index (χ3n) is 2.11. The number of nitrogens with zero attached hydrogens (tertiary/aromatic N) is 2. The Morgan fingerprint density at radius 1 is 1.42 bits per heavy atom. The normalized spacial score (nSPS) is 13.7. The van der Waals surface area contributed by atoms with Gasteiger partial charge in [0.15, 0.2) is 0 Å². The van der Waals surface area contributed by atoms with Gasteiger partial charge in [-0.15, -0.1) is 0 Å². The molecule has 0 spiro atoms. The van der Waals surface area contributed by atoms with E-state index in [1.165, 1.54) is 12.8 Å². The second kappa shape index (κ2) is 4.29. The summed E-state index contributed by atoms with van der Waals surface area (Å²) in [6.45, 7) is 6.73. The van der Waals surface area contributed by atoms with Crippen LogP contribution in [0.2, 0.25) is 0 Å². The minimum atomic E-state index is 0.583. The largest absolute Gasteiger partial charge is 0.270 e. The molecule has 0 aliphatic heterocycles. The Labute approximate surface area is 74.6 Å². The van der Waals surface area contributed by atoms with E-state index in [9.17, 15) is 0 Å². The summed E-state index contributed by atoms with van der Waals surface area (Å²) >= 11 is 0. The van der Waals surface area contributed by atoms with Crippen molar-refractivity contribution < 1.29 is 0 Å². The van der Waals surface area contributed by atoms with Gasteiger partial charge in [-0.1, -0.05) is 20.8 Å². The lowest BCUT2D eigenvalue weighted by atomic mass is 10.0. The van der Waals surface area contributed by atoms with E-state index in [0.29, 0.717) is 6.04 Å². The van der Waals surface area contributed by atoms with Gasteiger partial charge in [-0.2, -0.15) is 5.10 Å². The lowest BCUT2D eigenvalue weighted by Gasteiger charge is -2.17. The topological polar surface area (TPSA) is 17.8 Å². The zero-order valence-electron chi connectivity index (χ0n) is 8.20. The first-order chi connectivity index (χ1) is 5.74. The molecule has 0 aliphatic carbocycles. The fourth-order valence-corrected chi connectivity index (χ4v) is 1.50. The summed E-state index contributed by atoms with van der Waals surface area (Å²) in [5, 5.41) is 4.26. The van der Waals surface area contributed by atoms with Crippen molar-refractivity contribution in [2.24, 2.45) is 5.92 Å². The molecule has 2 heteroatoms. The SMILES string of the molecule is CCC(CC(C)C)n1cccn1. The highest BCUT2D eigenvalue weighted by atomic mass is 15.3. The molecule has 0 aliphatic rings. The number of rotatable bonds is 4. The third-order valence-corrected chi connectivity index (χ3v) is 2.11. The molecule has 1 atom stereocenters. The molecule has 0 aromatic carbocycles. The molecule has 1 heterocycles. The Hall–Kier alpha value is -0.790. The fraction of sp³-hybridized carbons (Fsp3) is 0.700. The van der Waals surface area contributed by atoms with Crippen molar-refractivity contribution in [3.05, 3.63) is 18.5 Å². The first kappa shape index (κ1) is 9.30. The maximum atomic E-state index is 4.26. The summed E-state index contributed by atoms with van der Waals surface area (Å²) in [6.07, 6.45) is 6.29. The highest BCUT2D eigenvalue weighted by Gasteiger charge is 2.09. The predicted molar refractivity (Wildman–Crippen MR) is 51.0 cm³/mol. The van der Waals surface area contributed by atoms with E-state index >= 15 is 0 Å². The number of aromatic nitrogens is 2. The van der Waals surface area contributed by atoms with Crippen molar-refractivity contribution in [3.63, 3.8) is 0 Å². The van der Waals surface area contributed by atoms with Crippen LogP contribution in [0.1, 0.15) is 39.7 Å². The van der Waals surface area contributed by atoms with Gasteiger partial charge in [-0.3, -0.25) is 4.68 Å². The van der Waals surface area contributed by atoms with Crippen LogP contribution in [0, 0.1) is 5.92 Å². The van der Waals surface area contributed by atoms with Gasteiger partial charge in [0.05, 0.1) is 6.04 Å². The average molecular weight is 166 g/mol. The molecule has 0 amide bonds. The van der Waals surface area contributed by atoms with E-state index in [1.807, 2.05) is 12.3 Å². The van der Waals surface area contributed by atoms with Gasteiger partial charge < -0.3 is 0 Å². The Morgan fingerprint density at radius 3 is 2.58 bits per heavy atom. The van der Waals surface area contributed by atoms with Crippen molar-refractivity contribution in [1.29, 1.82) is 0 Å². The molecule has 12 heavy (non-hydrogen) atoms. The van der Waals surface area contributed by atoms with Crippen molar-refractivity contribution in [1.82, 2.24) is 9.78 Å². The second-order valence-electron chi connectivity index (χ2n) is 3.68. The molecular formula is C10H18N2. The summed E-state index contributed by atoms with van der Waals surface area (Å²) in [6, 6.07) is 2.57. The monoisotopic (exact) mass is 166 g/mol. The summed E-state index contributed by atoms with van der Waals surface area (Å²) in [7, 11) is 0. The van der Waals surface area contributed by atoms with Gasteiger partial charge in [-0.05, 0) is 24.8 Å². The summed E-state index contributed by atoms with van der Waals surface area (Å²) in [5.41, 5.74) is 0. The minimum absolute atomic E-state index is 0.583. The Bertz CT molecular complexity index is 202. The Morgan fingerprint density at radius 2 is 2.17 bits per heavy atom. The van der Waals surface area contributed by atoms with Crippen LogP contribution in [0.25, 0.3) is 0 Å². The van der Waals surface area contributed by atoms with Gasteiger partial charge in [0.2, 0.25) is 0 Å². The first-order valence-electron chi connectivity index (χ1n) is 4.73. The van der Waals surface area contributed by atoms with Crippen molar-refractivity contribution in [3.8, 4) is 0 Å². The molecule has 68 valence electrons. The van der Waals surface area contributed by atoms with E-state index in [1.54, 1.807) is 0 Å². The minimum Gasteiger partial charge on any atom is -0.270 e. The molecule has 0 N–H and O–H groups in total. The Kier molecular flexibility index (Phi) is 3.32. The molecule has 0 fully saturated rings. The van der Waals surface area contributed by atoms with Crippen LogP contribution >= 0.6 is 0 Å². The molecule has 1 unspecified atom stereocenters. The lowest BCUT2D eigenvalue weighted by molar-refractivity contribution is 0.362. The third kappa shape index (κ3) is 2.36. The van der Waals surface area contributed by atoms with E-state index in [-0.39, 0.29) is 0 Å². The fourth-order valence-electron chi connectivity index (χ4n) is 1.50. The van der Waals surface area contributed by atoms with Crippen LogP contribution in [-0.2, 0) is 0 Å². The zero-order valence-corrected chi connectivity index (χ0v) is 8.20. The summed E-state index contributed by atoms with van der Waals surface area (Å²) in [5.74, 6) is 0.749. The van der Waals surface area contributed by atoms with E-state index in [2.05, 4.69) is 36.7 Å². The van der Waals surface area contributed by atoms with Crippen LogP contribution in [0.15, 0.2) is 18.5 Å². The molecule has 0 saturated carbocycles. The number of hydrogen-bond acceptors (Lipinski definition) is 1. The summed E-state index contributed by atoms with van der Waals surface area (Å²) in [4.78, 5) is 0. The molecule has 0 radical (unpaired) electrons. The van der Waals surface area contributed by atoms with Gasteiger partial charge >= 0.3 is 0 Å². The highest BCUT2D eigenvalue weighted by molar-refractivity contribution is 4.81. The maximum Gasteiger partial charge on any atom is 0.0519 e. The Balaban J connectivity index is 2.57.